The minimum absolute atomic E-state index is 0.726. The lowest BCUT2D eigenvalue weighted by atomic mass is 9.84. The van der Waals surface area contributed by atoms with E-state index in [1.807, 2.05) is 12.1 Å². The van der Waals surface area contributed by atoms with Gasteiger partial charge in [0.25, 0.3) is 0 Å². The highest BCUT2D eigenvalue weighted by Crippen LogP contribution is 2.40. The molecule has 3 aromatic rings. The maximum Gasteiger partial charge on any atom is 0.123 e. The van der Waals surface area contributed by atoms with E-state index in [2.05, 4.69) is 80.6 Å². The molecule has 29 heavy (non-hydrogen) atoms. The van der Waals surface area contributed by atoms with E-state index in [0.29, 0.717) is 0 Å². The van der Waals surface area contributed by atoms with Crippen LogP contribution in [0.3, 0.4) is 0 Å². The fraction of sp³-hybridized carbons (Fsp3) is 0.296. The number of unbranched alkanes of at least 4 members (excludes halogenated alkanes) is 2. The van der Waals surface area contributed by atoms with E-state index in [-0.39, 0.29) is 0 Å². The van der Waals surface area contributed by atoms with Gasteiger partial charge in [-0.2, -0.15) is 0 Å². The molecule has 3 aromatic carbocycles. The van der Waals surface area contributed by atoms with Crippen LogP contribution >= 0.6 is 0 Å². The number of hydrogen-bond acceptors (Lipinski definition) is 2. The zero-order valence-electron chi connectivity index (χ0n) is 17.6. The number of para-hydroxylation sites is 2. The van der Waals surface area contributed by atoms with Crippen molar-refractivity contribution in [3.63, 3.8) is 0 Å². The molecule has 0 fully saturated rings. The standard InChI is InChI=1S/C27H31O2/c1-3-5-20-28-25-18-12-10-16-23(25)27(22-14-8-7-9-15-22)24-17-11-13-19-26(24)29-21-6-4-2/h7-19H,3-6,20-21H2,1-2H3. The molecule has 0 saturated heterocycles. The molecule has 0 aliphatic carbocycles. The van der Waals surface area contributed by atoms with Crippen LogP contribution in [0.2, 0.25) is 0 Å². The van der Waals surface area contributed by atoms with E-state index in [4.69, 9.17) is 9.47 Å². The molecule has 0 aromatic heterocycles. The SMILES string of the molecule is CCCCOc1ccccc1[C](c1ccccc1)c1ccccc1OCCCC. The minimum Gasteiger partial charge on any atom is -0.493 e. The average Bonchev–Trinajstić information content (AvgIpc) is 2.77. The van der Waals surface area contributed by atoms with Gasteiger partial charge in [-0.25, -0.2) is 0 Å². The quantitative estimate of drug-likeness (QED) is 0.259. The molecule has 0 aliphatic rings. The van der Waals surface area contributed by atoms with E-state index in [0.717, 1.165) is 73.0 Å². The summed E-state index contributed by atoms with van der Waals surface area (Å²) in [5.41, 5.74) is 3.35. The monoisotopic (exact) mass is 387 g/mol. The van der Waals surface area contributed by atoms with Gasteiger partial charge in [-0.3, -0.25) is 0 Å². The van der Waals surface area contributed by atoms with Crippen LogP contribution in [0.4, 0.5) is 0 Å². The first-order chi connectivity index (χ1) is 14.3. The van der Waals surface area contributed by atoms with E-state index in [1.165, 1.54) is 0 Å². The molecule has 0 amide bonds. The second-order valence-electron chi connectivity index (χ2n) is 7.14. The summed E-state index contributed by atoms with van der Waals surface area (Å²) in [5, 5.41) is 0. The Morgan fingerprint density at radius 2 is 1.03 bits per heavy atom. The van der Waals surface area contributed by atoms with Crippen molar-refractivity contribution in [3.05, 3.63) is 101 Å². The van der Waals surface area contributed by atoms with Crippen LogP contribution in [0.1, 0.15) is 56.2 Å². The van der Waals surface area contributed by atoms with Crippen molar-refractivity contribution in [1.82, 2.24) is 0 Å². The van der Waals surface area contributed by atoms with E-state index < -0.39 is 0 Å². The Labute approximate surface area is 175 Å². The third-order valence-electron chi connectivity index (χ3n) is 4.89. The van der Waals surface area contributed by atoms with Crippen molar-refractivity contribution in [1.29, 1.82) is 0 Å². The number of benzene rings is 3. The van der Waals surface area contributed by atoms with Crippen molar-refractivity contribution in [2.75, 3.05) is 13.2 Å². The van der Waals surface area contributed by atoms with E-state index >= 15 is 0 Å². The zero-order chi connectivity index (χ0) is 20.3. The minimum atomic E-state index is 0.726. The van der Waals surface area contributed by atoms with Gasteiger partial charge in [-0.1, -0.05) is 93.4 Å². The highest BCUT2D eigenvalue weighted by molar-refractivity contribution is 5.64. The number of rotatable bonds is 11. The fourth-order valence-electron chi connectivity index (χ4n) is 3.31. The second-order valence-corrected chi connectivity index (χ2v) is 7.14. The predicted molar refractivity (Wildman–Crippen MR) is 121 cm³/mol. The molecule has 0 N–H and O–H groups in total. The third-order valence-corrected chi connectivity index (χ3v) is 4.89. The molecule has 0 unspecified atom stereocenters. The van der Waals surface area contributed by atoms with Crippen molar-refractivity contribution < 1.29 is 9.47 Å². The summed E-state index contributed by atoms with van der Waals surface area (Å²) in [7, 11) is 0. The number of ether oxygens (including phenoxy) is 2. The maximum atomic E-state index is 6.18. The highest BCUT2D eigenvalue weighted by Gasteiger charge is 2.24. The summed E-state index contributed by atoms with van der Waals surface area (Å²) in [6, 6.07) is 27.2. The molecule has 0 atom stereocenters. The molecule has 0 aliphatic heterocycles. The van der Waals surface area contributed by atoms with Crippen LogP contribution in [-0.2, 0) is 0 Å². The van der Waals surface area contributed by atoms with Gasteiger partial charge in [0.2, 0.25) is 0 Å². The van der Waals surface area contributed by atoms with E-state index in [9.17, 15) is 0 Å². The third kappa shape index (κ3) is 5.63. The van der Waals surface area contributed by atoms with Gasteiger partial charge < -0.3 is 9.47 Å². The van der Waals surface area contributed by atoms with Gasteiger partial charge in [0.05, 0.1) is 19.1 Å². The highest BCUT2D eigenvalue weighted by atomic mass is 16.5. The van der Waals surface area contributed by atoms with Gasteiger partial charge in [-0.15, -0.1) is 0 Å². The summed E-state index contributed by atoms with van der Waals surface area (Å²) in [6.07, 6.45) is 4.33. The Balaban J connectivity index is 2.05. The molecule has 151 valence electrons. The largest absolute Gasteiger partial charge is 0.493 e. The first-order valence-corrected chi connectivity index (χ1v) is 10.7. The lowest BCUT2D eigenvalue weighted by Gasteiger charge is -2.23. The Morgan fingerprint density at radius 3 is 1.52 bits per heavy atom. The van der Waals surface area contributed by atoms with Crippen LogP contribution in [0.15, 0.2) is 78.9 Å². The fourth-order valence-corrected chi connectivity index (χ4v) is 3.31. The molecule has 0 spiro atoms. The first-order valence-electron chi connectivity index (χ1n) is 10.7. The Morgan fingerprint density at radius 1 is 0.586 bits per heavy atom. The normalized spacial score (nSPS) is 10.9. The van der Waals surface area contributed by atoms with Crippen molar-refractivity contribution in [2.24, 2.45) is 0 Å². The molecule has 3 rings (SSSR count). The maximum absolute atomic E-state index is 6.18. The van der Waals surface area contributed by atoms with Crippen LogP contribution in [0.25, 0.3) is 0 Å². The summed E-state index contributed by atoms with van der Waals surface area (Å²) in [6.45, 7) is 5.82. The van der Waals surface area contributed by atoms with E-state index in [1.54, 1.807) is 0 Å². The lowest BCUT2D eigenvalue weighted by Crippen LogP contribution is -2.10. The lowest BCUT2D eigenvalue weighted by molar-refractivity contribution is 0.305. The predicted octanol–water partition coefficient (Wildman–Crippen LogP) is 7.06. The molecule has 0 saturated carbocycles. The second kappa shape index (κ2) is 11.3. The van der Waals surface area contributed by atoms with Crippen LogP contribution in [0.5, 0.6) is 11.5 Å². The van der Waals surface area contributed by atoms with Crippen molar-refractivity contribution in [3.8, 4) is 11.5 Å². The summed E-state index contributed by atoms with van der Waals surface area (Å²) in [4.78, 5) is 0. The molecular weight excluding hydrogens is 356 g/mol. The van der Waals surface area contributed by atoms with Crippen LogP contribution < -0.4 is 9.47 Å². The van der Waals surface area contributed by atoms with Crippen LogP contribution in [0, 0.1) is 5.92 Å². The average molecular weight is 388 g/mol. The summed E-state index contributed by atoms with van der Waals surface area (Å²) < 4.78 is 12.4. The molecule has 1 radical (unpaired) electrons. The Hall–Kier alpha value is -2.74. The molecule has 2 heteroatoms. The molecule has 0 heterocycles. The summed E-state index contributed by atoms with van der Waals surface area (Å²) in [5.74, 6) is 2.98. The van der Waals surface area contributed by atoms with Gasteiger partial charge in [0.15, 0.2) is 0 Å². The van der Waals surface area contributed by atoms with Gasteiger partial charge in [-0.05, 0) is 30.5 Å². The van der Waals surface area contributed by atoms with Crippen LogP contribution in [-0.4, -0.2) is 13.2 Å². The summed E-state index contributed by atoms with van der Waals surface area (Å²) >= 11 is 0. The molecule has 2 nitrogen and oxygen atoms in total. The number of hydrogen-bond donors (Lipinski definition) is 0. The van der Waals surface area contributed by atoms with Gasteiger partial charge in [0, 0.05) is 11.1 Å². The first kappa shape index (κ1) is 21.0. The smallest absolute Gasteiger partial charge is 0.123 e. The topological polar surface area (TPSA) is 18.5 Å². The molecular formula is C27H31O2. The van der Waals surface area contributed by atoms with Crippen molar-refractivity contribution in [2.45, 2.75) is 39.5 Å². The van der Waals surface area contributed by atoms with Gasteiger partial charge in [0.1, 0.15) is 11.5 Å². The molecule has 0 bridgehead atoms. The van der Waals surface area contributed by atoms with Crippen molar-refractivity contribution >= 4 is 0 Å². The van der Waals surface area contributed by atoms with Gasteiger partial charge >= 0.3 is 0 Å². The zero-order valence-corrected chi connectivity index (χ0v) is 17.6. The Bertz CT molecular complexity index is 804. The Kier molecular flexibility index (Phi) is 8.18.